The van der Waals surface area contributed by atoms with Crippen LogP contribution in [0, 0.1) is 17.0 Å². The van der Waals surface area contributed by atoms with Gasteiger partial charge in [0.15, 0.2) is 0 Å². The second kappa shape index (κ2) is 7.58. The second-order valence-electron chi connectivity index (χ2n) is 4.99. The van der Waals surface area contributed by atoms with E-state index in [1.807, 2.05) is 13.8 Å². The molecule has 0 saturated carbocycles. The van der Waals surface area contributed by atoms with Gasteiger partial charge in [0.05, 0.1) is 6.42 Å². The van der Waals surface area contributed by atoms with Crippen LogP contribution in [-0.2, 0) is 11.2 Å². The average molecular weight is 304 g/mol. The van der Waals surface area contributed by atoms with Gasteiger partial charge in [0.2, 0.25) is 5.91 Å². The minimum atomic E-state index is -0.699. The Balaban J connectivity index is 2.65. The maximum atomic E-state index is 13.4. The topological polar surface area (TPSA) is 29.1 Å². The van der Waals surface area contributed by atoms with E-state index in [0.717, 1.165) is 25.0 Å². The van der Waals surface area contributed by atoms with Crippen molar-refractivity contribution in [3.63, 3.8) is 0 Å². The molecular weight excluding hydrogens is 284 g/mol. The lowest BCUT2D eigenvalue weighted by molar-refractivity contribution is -0.121. The van der Waals surface area contributed by atoms with Gasteiger partial charge < -0.3 is 5.32 Å². The molecule has 0 spiro atoms. The number of hydrogen-bond acceptors (Lipinski definition) is 1. The first-order chi connectivity index (χ1) is 9.48. The highest BCUT2D eigenvalue weighted by Gasteiger charge is 2.26. The molecule has 0 radical (unpaired) electrons. The van der Waals surface area contributed by atoms with Crippen molar-refractivity contribution >= 4 is 17.5 Å². The molecule has 112 valence electrons. The Labute approximate surface area is 123 Å². The molecule has 1 aromatic rings. The van der Waals surface area contributed by atoms with Crippen LogP contribution in [0.5, 0.6) is 0 Å². The van der Waals surface area contributed by atoms with E-state index in [-0.39, 0.29) is 17.4 Å². The Morgan fingerprint density at radius 2 is 1.80 bits per heavy atom. The van der Waals surface area contributed by atoms with Gasteiger partial charge in [-0.15, -0.1) is 11.6 Å². The third kappa shape index (κ3) is 4.17. The lowest BCUT2D eigenvalue weighted by atomic mass is 9.84. The van der Waals surface area contributed by atoms with E-state index in [4.69, 9.17) is 11.6 Å². The number of nitrogens with one attached hydrogen (secondary N) is 1. The zero-order chi connectivity index (χ0) is 15.2. The Bertz CT molecular complexity index is 433. The molecule has 1 aromatic carbocycles. The van der Waals surface area contributed by atoms with Crippen LogP contribution in [0.1, 0.15) is 32.3 Å². The van der Waals surface area contributed by atoms with Crippen LogP contribution >= 0.6 is 11.6 Å². The van der Waals surface area contributed by atoms with Crippen molar-refractivity contribution in [2.75, 3.05) is 12.4 Å². The van der Waals surface area contributed by atoms with E-state index in [1.54, 1.807) is 0 Å². The lowest BCUT2D eigenvalue weighted by Crippen LogP contribution is -2.39. The Kier molecular flexibility index (Phi) is 6.40. The van der Waals surface area contributed by atoms with Gasteiger partial charge in [-0.3, -0.25) is 4.79 Å². The minimum Gasteiger partial charge on any atom is -0.355 e. The molecule has 1 N–H and O–H groups in total. The number of alkyl halides is 1. The van der Waals surface area contributed by atoms with E-state index in [0.29, 0.717) is 12.4 Å². The molecular formula is C15H20ClF2NO. The van der Waals surface area contributed by atoms with Crippen molar-refractivity contribution in [1.82, 2.24) is 5.32 Å². The van der Waals surface area contributed by atoms with Gasteiger partial charge in [-0.25, -0.2) is 8.78 Å². The summed E-state index contributed by atoms with van der Waals surface area (Å²) in [4.78, 5) is 11.8. The fourth-order valence-electron chi connectivity index (χ4n) is 1.95. The quantitative estimate of drug-likeness (QED) is 0.765. The summed E-state index contributed by atoms with van der Waals surface area (Å²) in [7, 11) is 0. The van der Waals surface area contributed by atoms with E-state index in [2.05, 4.69) is 5.32 Å². The number of hydrogen-bond donors (Lipinski definition) is 1. The van der Waals surface area contributed by atoms with Gasteiger partial charge in [-0.2, -0.15) is 0 Å². The fraction of sp³-hybridized carbons (Fsp3) is 0.533. The molecule has 0 atom stereocenters. The van der Waals surface area contributed by atoms with Crippen molar-refractivity contribution in [3.8, 4) is 0 Å². The van der Waals surface area contributed by atoms with Crippen LogP contribution < -0.4 is 5.32 Å². The highest BCUT2D eigenvalue weighted by molar-refractivity contribution is 6.18. The molecule has 0 saturated heterocycles. The number of amides is 1. The molecule has 1 rings (SSSR count). The summed E-state index contributed by atoms with van der Waals surface area (Å²) in [5, 5.41) is 2.72. The highest BCUT2D eigenvalue weighted by Crippen LogP contribution is 2.26. The highest BCUT2D eigenvalue weighted by atomic mass is 35.5. The molecule has 0 heterocycles. The summed E-state index contributed by atoms with van der Waals surface area (Å²) in [6, 6.07) is 3.57. The number of carbonyl (C=O) groups is 1. The lowest BCUT2D eigenvalue weighted by Gasteiger charge is -2.29. The summed E-state index contributed by atoms with van der Waals surface area (Å²) >= 11 is 5.95. The van der Waals surface area contributed by atoms with E-state index in [9.17, 15) is 13.6 Å². The molecule has 5 heteroatoms. The zero-order valence-electron chi connectivity index (χ0n) is 11.8. The number of carbonyl (C=O) groups excluding carboxylic acids is 1. The van der Waals surface area contributed by atoms with Crippen molar-refractivity contribution in [2.45, 2.75) is 33.1 Å². The predicted octanol–water partition coefficient (Wildman–Crippen LogP) is 3.67. The number of benzene rings is 1. The van der Waals surface area contributed by atoms with Crippen LogP contribution in [0.15, 0.2) is 18.2 Å². The summed E-state index contributed by atoms with van der Waals surface area (Å²) in [6.45, 7) is 4.43. The second-order valence-corrected chi connectivity index (χ2v) is 5.26. The Morgan fingerprint density at radius 3 is 2.25 bits per heavy atom. The van der Waals surface area contributed by atoms with Crippen molar-refractivity contribution < 1.29 is 13.6 Å². The van der Waals surface area contributed by atoms with Gasteiger partial charge in [0.1, 0.15) is 11.6 Å². The van der Waals surface area contributed by atoms with Gasteiger partial charge in [-0.1, -0.05) is 19.9 Å². The number of rotatable bonds is 7. The summed E-state index contributed by atoms with van der Waals surface area (Å²) in [5.74, 6) is -1.36. The summed E-state index contributed by atoms with van der Waals surface area (Å²) < 4.78 is 26.9. The van der Waals surface area contributed by atoms with Crippen LogP contribution in [0.25, 0.3) is 0 Å². The average Bonchev–Trinajstić information content (AvgIpc) is 2.45. The monoisotopic (exact) mass is 303 g/mol. The molecule has 0 bridgehead atoms. The van der Waals surface area contributed by atoms with Crippen molar-refractivity contribution in [1.29, 1.82) is 0 Å². The van der Waals surface area contributed by atoms with Crippen molar-refractivity contribution in [3.05, 3.63) is 35.4 Å². The maximum Gasteiger partial charge on any atom is 0.224 e. The predicted molar refractivity (Wildman–Crippen MR) is 76.8 cm³/mol. The fourth-order valence-corrected chi connectivity index (χ4v) is 2.42. The first kappa shape index (κ1) is 16.9. The normalized spacial score (nSPS) is 11.4. The molecule has 0 aromatic heterocycles. The van der Waals surface area contributed by atoms with E-state index < -0.39 is 17.5 Å². The minimum absolute atomic E-state index is 0.162. The van der Waals surface area contributed by atoms with E-state index in [1.165, 1.54) is 6.07 Å². The molecule has 1 amide bonds. The maximum absolute atomic E-state index is 13.4. The Morgan fingerprint density at radius 1 is 1.25 bits per heavy atom. The first-order valence-electron chi connectivity index (χ1n) is 6.73. The third-order valence-electron chi connectivity index (χ3n) is 3.84. The molecule has 20 heavy (non-hydrogen) atoms. The molecule has 0 fully saturated rings. The smallest absolute Gasteiger partial charge is 0.224 e. The SMILES string of the molecule is CCC(CC)(CCl)CNC(=O)Cc1c(F)cccc1F. The molecule has 0 unspecified atom stereocenters. The molecule has 0 aliphatic carbocycles. The van der Waals surface area contributed by atoms with Gasteiger partial charge in [0, 0.05) is 23.4 Å². The van der Waals surface area contributed by atoms with Crippen LogP contribution in [0.4, 0.5) is 8.78 Å². The van der Waals surface area contributed by atoms with Gasteiger partial charge >= 0.3 is 0 Å². The first-order valence-corrected chi connectivity index (χ1v) is 7.27. The zero-order valence-corrected chi connectivity index (χ0v) is 12.6. The van der Waals surface area contributed by atoms with Crippen molar-refractivity contribution in [2.24, 2.45) is 5.41 Å². The van der Waals surface area contributed by atoms with Gasteiger partial charge in [0.25, 0.3) is 0 Å². The van der Waals surface area contributed by atoms with Crippen LogP contribution in [-0.4, -0.2) is 18.3 Å². The van der Waals surface area contributed by atoms with Gasteiger partial charge in [-0.05, 0) is 25.0 Å². The molecule has 0 aliphatic heterocycles. The number of halogens is 3. The largest absolute Gasteiger partial charge is 0.355 e. The van der Waals surface area contributed by atoms with E-state index >= 15 is 0 Å². The summed E-state index contributed by atoms with van der Waals surface area (Å²) in [6.07, 6.45) is 1.37. The molecule has 2 nitrogen and oxygen atoms in total. The third-order valence-corrected chi connectivity index (χ3v) is 4.41. The van der Waals surface area contributed by atoms with Crippen LogP contribution in [0.3, 0.4) is 0 Å². The van der Waals surface area contributed by atoms with Crippen LogP contribution in [0.2, 0.25) is 0 Å². The molecule has 0 aliphatic rings. The standard InChI is InChI=1S/C15H20ClF2NO/c1-3-15(4-2,9-16)10-19-14(20)8-11-12(17)6-5-7-13(11)18/h5-7H,3-4,8-10H2,1-2H3,(H,19,20). The summed E-state index contributed by atoms with van der Waals surface area (Å²) in [5.41, 5.74) is -0.361. The Hall–Kier alpha value is -1.16.